The summed E-state index contributed by atoms with van der Waals surface area (Å²) < 4.78 is 0. The van der Waals surface area contributed by atoms with Gasteiger partial charge in [-0.2, -0.15) is 0 Å². The maximum absolute atomic E-state index is 12.3. The minimum absolute atomic E-state index is 0.0574. The number of carbonyl (C=O) groups is 1. The molecule has 3 rings (SSSR count). The molecule has 2 aliphatic carbocycles. The molecule has 3 aliphatic rings. The smallest absolute Gasteiger partial charge is 0.252 e. The van der Waals surface area contributed by atoms with Gasteiger partial charge >= 0.3 is 0 Å². The number of aliphatic hydroxyl groups excluding tert-OH is 1. The Kier molecular flexibility index (Phi) is 2.47. The Morgan fingerprint density at radius 1 is 1.37 bits per heavy atom. The highest BCUT2D eigenvalue weighted by atomic mass is 16.3. The van der Waals surface area contributed by atoms with Crippen LogP contribution in [-0.2, 0) is 0 Å². The van der Waals surface area contributed by atoms with Crippen LogP contribution < -0.4 is 5.32 Å². The van der Waals surface area contributed by atoms with Crippen molar-refractivity contribution in [2.24, 2.45) is 5.41 Å². The Bertz CT molecular complexity index is 622. The van der Waals surface area contributed by atoms with Crippen molar-refractivity contribution in [3.8, 4) is 22.5 Å². The molecule has 0 unspecified atom stereocenters. The summed E-state index contributed by atoms with van der Waals surface area (Å²) in [6, 6.07) is 5.57. The summed E-state index contributed by atoms with van der Waals surface area (Å²) in [6.45, 7) is 5.94. The van der Waals surface area contributed by atoms with E-state index < -0.39 is 0 Å². The molecule has 0 aromatic rings. The molecule has 0 saturated carbocycles. The largest absolute Gasteiger partial charge is 0.394 e. The highest BCUT2D eigenvalue weighted by molar-refractivity contribution is 6.07. The van der Waals surface area contributed by atoms with Crippen molar-refractivity contribution in [3.05, 3.63) is 23.8 Å². The number of aromatic nitrogens is 1. The monoisotopic (exact) mass is 258 g/mol. The average Bonchev–Trinajstić information content (AvgIpc) is 2.82. The normalized spacial score (nSPS) is 14.5. The van der Waals surface area contributed by atoms with Crippen LogP contribution in [0.15, 0.2) is 18.2 Å². The van der Waals surface area contributed by atoms with Crippen molar-refractivity contribution in [1.82, 2.24) is 10.3 Å². The van der Waals surface area contributed by atoms with Crippen molar-refractivity contribution in [2.75, 3.05) is 6.61 Å². The van der Waals surface area contributed by atoms with Crippen LogP contribution in [0.3, 0.4) is 0 Å². The van der Waals surface area contributed by atoms with E-state index in [4.69, 9.17) is 0 Å². The maximum Gasteiger partial charge on any atom is 0.252 e. The van der Waals surface area contributed by atoms with Crippen LogP contribution >= 0.6 is 0 Å². The summed E-state index contributed by atoms with van der Waals surface area (Å²) in [6.07, 6.45) is 0. The summed E-state index contributed by atoms with van der Waals surface area (Å²) in [5.74, 6) is -0.117. The van der Waals surface area contributed by atoms with Gasteiger partial charge in [-0.05, 0) is 23.1 Å². The van der Waals surface area contributed by atoms with Crippen molar-refractivity contribution >= 4 is 5.91 Å². The van der Waals surface area contributed by atoms with E-state index in [1.165, 1.54) is 0 Å². The Hall–Kier alpha value is -1.81. The molecule has 0 saturated heterocycles. The predicted octanol–water partition coefficient (Wildman–Crippen LogP) is 2.24. The number of aliphatic hydroxyl groups is 1. The molecule has 1 atom stereocenters. The van der Waals surface area contributed by atoms with Gasteiger partial charge in [0.2, 0.25) is 0 Å². The molecule has 0 fully saturated rings. The molecule has 19 heavy (non-hydrogen) atoms. The Morgan fingerprint density at radius 3 is 2.74 bits per heavy atom. The summed E-state index contributed by atoms with van der Waals surface area (Å²) in [4.78, 5) is 15.5. The van der Waals surface area contributed by atoms with E-state index >= 15 is 0 Å². The minimum Gasteiger partial charge on any atom is -0.394 e. The zero-order valence-electron chi connectivity index (χ0n) is 11.4. The maximum atomic E-state index is 12.3. The number of rotatable bonds is 3. The third-order valence-electron chi connectivity index (χ3n) is 3.80. The molecule has 1 amide bonds. The molecule has 1 aliphatic heterocycles. The lowest BCUT2D eigenvalue weighted by Crippen LogP contribution is -2.46. The summed E-state index contributed by atoms with van der Waals surface area (Å²) in [5.41, 5.74) is 4.88. The molecule has 0 aromatic heterocycles. The summed E-state index contributed by atoms with van der Waals surface area (Å²) >= 11 is 0. The van der Waals surface area contributed by atoms with E-state index in [-0.39, 0.29) is 24.0 Å². The molecule has 4 heteroatoms. The van der Waals surface area contributed by atoms with Crippen molar-refractivity contribution in [1.29, 1.82) is 0 Å². The van der Waals surface area contributed by atoms with E-state index in [1.54, 1.807) is 0 Å². The molecule has 0 spiro atoms. The van der Waals surface area contributed by atoms with Crippen LogP contribution in [0.5, 0.6) is 0 Å². The molecule has 0 bridgehead atoms. The number of nitrogens with one attached hydrogen (secondary N) is 2. The van der Waals surface area contributed by atoms with Gasteiger partial charge in [0, 0.05) is 11.1 Å². The first-order valence-corrected chi connectivity index (χ1v) is 6.49. The zero-order chi connectivity index (χ0) is 13.8. The number of fused-ring (bicyclic) bond motifs is 3. The van der Waals surface area contributed by atoms with Gasteiger partial charge in [-0.3, -0.25) is 4.79 Å². The quantitative estimate of drug-likeness (QED) is 0.674. The lowest BCUT2D eigenvalue weighted by molar-refractivity contribution is 0.0849. The third kappa shape index (κ3) is 1.92. The van der Waals surface area contributed by atoms with Gasteiger partial charge < -0.3 is 15.4 Å². The van der Waals surface area contributed by atoms with Gasteiger partial charge in [0.05, 0.1) is 24.0 Å². The lowest BCUT2D eigenvalue weighted by Gasteiger charge is -2.29. The number of pyridine rings is 1. The van der Waals surface area contributed by atoms with Crippen LogP contribution in [0.4, 0.5) is 0 Å². The summed E-state index contributed by atoms with van der Waals surface area (Å²) in [7, 11) is 0. The first kappa shape index (κ1) is 12.2. The fourth-order valence-electron chi connectivity index (χ4n) is 2.40. The molecule has 4 nitrogen and oxygen atoms in total. The fourth-order valence-corrected chi connectivity index (χ4v) is 2.40. The van der Waals surface area contributed by atoms with Crippen LogP contribution in [-0.4, -0.2) is 28.6 Å². The topological polar surface area (TPSA) is 65.1 Å². The first-order chi connectivity index (χ1) is 8.91. The van der Waals surface area contributed by atoms with Crippen molar-refractivity contribution < 1.29 is 9.90 Å². The van der Waals surface area contributed by atoms with Crippen LogP contribution in [0, 0.1) is 5.41 Å². The molecule has 3 N–H and O–H groups in total. The Balaban J connectivity index is 1.82. The second-order valence-corrected chi connectivity index (χ2v) is 6.21. The zero-order valence-corrected chi connectivity index (χ0v) is 11.4. The lowest BCUT2D eigenvalue weighted by atomic mass is 9.87. The average molecular weight is 258 g/mol. The molecule has 0 aromatic carbocycles. The second kappa shape index (κ2) is 3.84. The fraction of sp³-hybridized carbons (Fsp3) is 0.400. The molecule has 0 radical (unpaired) electrons. The first-order valence-electron chi connectivity index (χ1n) is 6.49. The van der Waals surface area contributed by atoms with Gasteiger partial charge in [0.25, 0.3) is 5.91 Å². The van der Waals surface area contributed by atoms with Gasteiger partial charge in [-0.25, -0.2) is 0 Å². The summed E-state index contributed by atoms with van der Waals surface area (Å²) in [5, 5.41) is 12.3. The van der Waals surface area contributed by atoms with E-state index in [9.17, 15) is 9.90 Å². The standard InChI is InChI=1S/C15H18N2O2/c1-15(2,3)12(7-18)17-14(19)9-5-4-8-10(9)6-11-13(8)16-11/h4-6,12,16,18H,7H2,1-3H3,(H,17,19)/t12-/m1/s1. The minimum atomic E-state index is -0.250. The SMILES string of the molecule is CC(C)(C)[C@@H](CO)NC(=O)c1ccc2c3[nH]c-3cc1-2. The van der Waals surface area contributed by atoms with Crippen LogP contribution in [0.1, 0.15) is 31.1 Å². The van der Waals surface area contributed by atoms with Crippen molar-refractivity contribution in [2.45, 2.75) is 26.8 Å². The van der Waals surface area contributed by atoms with E-state index in [1.807, 2.05) is 39.0 Å². The number of hydrogen-bond acceptors (Lipinski definition) is 2. The van der Waals surface area contributed by atoms with Gasteiger partial charge in [-0.1, -0.05) is 26.8 Å². The number of aromatic amines is 1. The highest BCUT2D eigenvalue weighted by Gasteiger charge is 2.30. The number of H-pyrrole nitrogens is 1. The Morgan fingerprint density at radius 2 is 2.11 bits per heavy atom. The van der Waals surface area contributed by atoms with E-state index in [2.05, 4.69) is 10.3 Å². The van der Waals surface area contributed by atoms with Crippen molar-refractivity contribution in [3.63, 3.8) is 0 Å². The van der Waals surface area contributed by atoms with Gasteiger partial charge in [0.1, 0.15) is 0 Å². The predicted molar refractivity (Wildman–Crippen MR) is 74.2 cm³/mol. The van der Waals surface area contributed by atoms with Gasteiger partial charge in [-0.15, -0.1) is 0 Å². The van der Waals surface area contributed by atoms with Gasteiger partial charge in [0.15, 0.2) is 0 Å². The molecule has 100 valence electrons. The van der Waals surface area contributed by atoms with E-state index in [0.717, 1.165) is 22.5 Å². The highest BCUT2D eigenvalue weighted by Crippen LogP contribution is 2.45. The number of carbonyl (C=O) groups excluding carboxylic acids is 1. The molecular weight excluding hydrogens is 240 g/mol. The number of hydrogen-bond donors (Lipinski definition) is 3. The van der Waals surface area contributed by atoms with Crippen LogP contribution in [0.25, 0.3) is 22.5 Å². The third-order valence-corrected chi connectivity index (χ3v) is 3.80. The second-order valence-electron chi connectivity index (χ2n) is 6.21. The Labute approximate surface area is 112 Å². The molecule has 1 heterocycles. The van der Waals surface area contributed by atoms with E-state index in [0.29, 0.717) is 5.56 Å². The molecular formula is C15H18N2O2. The number of amides is 1. The van der Waals surface area contributed by atoms with Crippen LogP contribution in [0.2, 0.25) is 0 Å².